The molecule has 2 rings (SSSR count). The molecule has 0 atom stereocenters. The number of rotatable bonds is 8. The number of likely N-dealkylation sites (tertiary alicyclic amines) is 1. The Morgan fingerprint density at radius 2 is 2.11 bits per heavy atom. The number of hydrogen-bond donors (Lipinski definition) is 2. The minimum absolute atomic E-state index is 0.213. The first-order valence-corrected chi connectivity index (χ1v) is 10.0. The lowest BCUT2D eigenvalue weighted by Gasteiger charge is -2.32. The Morgan fingerprint density at radius 1 is 1.33 bits per heavy atom. The van der Waals surface area contributed by atoms with Crippen LogP contribution in [0, 0.1) is 0 Å². The molecule has 0 radical (unpaired) electrons. The number of hydrogen-bond acceptors (Lipinski definition) is 5. The van der Waals surface area contributed by atoms with E-state index < -0.39 is 0 Å². The fourth-order valence-electron chi connectivity index (χ4n) is 3.02. The average molecular weight is 380 g/mol. The number of carbonyl (C=O) groups excluding carboxylic acids is 1. The molecule has 1 aromatic rings. The molecule has 152 valence electrons. The number of guanidine groups is 1. The summed E-state index contributed by atoms with van der Waals surface area (Å²) < 4.78 is 7.13. The molecule has 1 aromatic heterocycles. The smallest absolute Gasteiger partial charge is 0.409 e. The van der Waals surface area contributed by atoms with Gasteiger partial charge in [-0.2, -0.15) is 0 Å². The quantitative estimate of drug-likeness (QED) is 0.524. The summed E-state index contributed by atoms with van der Waals surface area (Å²) in [5, 5.41) is 15.0. The van der Waals surface area contributed by atoms with Crippen LogP contribution in [-0.4, -0.2) is 70.5 Å². The summed E-state index contributed by atoms with van der Waals surface area (Å²) in [6.07, 6.45) is 5.19. The van der Waals surface area contributed by atoms with Crippen molar-refractivity contribution < 1.29 is 9.53 Å². The van der Waals surface area contributed by atoms with Crippen LogP contribution in [0.4, 0.5) is 4.79 Å². The number of aliphatic imine (C=N–C) groups is 1. The van der Waals surface area contributed by atoms with Crippen LogP contribution >= 0.6 is 0 Å². The Bertz CT molecular complexity index is 594. The zero-order valence-electron chi connectivity index (χ0n) is 16.8. The third-order valence-electron chi connectivity index (χ3n) is 4.51. The minimum Gasteiger partial charge on any atom is -0.450 e. The lowest BCUT2D eigenvalue weighted by molar-refractivity contribution is 0.0963. The fraction of sp³-hybridized carbons (Fsp3) is 0.778. The van der Waals surface area contributed by atoms with Crippen LogP contribution in [0.1, 0.15) is 45.9 Å². The summed E-state index contributed by atoms with van der Waals surface area (Å²) in [5.41, 5.74) is 0. The Labute approximate surface area is 161 Å². The van der Waals surface area contributed by atoms with Crippen molar-refractivity contribution in [1.29, 1.82) is 0 Å². The molecule has 1 saturated heterocycles. The summed E-state index contributed by atoms with van der Waals surface area (Å²) in [4.78, 5) is 18.2. The number of aromatic nitrogens is 3. The lowest BCUT2D eigenvalue weighted by atomic mass is 10.1. The zero-order valence-corrected chi connectivity index (χ0v) is 16.8. The van der Waals surface area contributed by atoms with Crippen molar-refractivity contribution in [1.82, 2.24) is 30.3 Å². The molecule has 9 nitrogen and oxygen atoms in total. The minimum atomic E-state index is -0.213. The maximum atomic E-state index is 11.8. The molecule has 1 amide bonds. The highest BCUT2D eigenvalue weighted by molar-refractivity contribution is 5.80. The van der Waals surface area contributed by atoms with E-state index in [0.29, 0.717) is 25.7 Å². The molecular formula is C18H33N7O2. The van der Waals surface area contributed by atoms with Gasteiger partial charge in [0.05, 0.1) is 6.61 Å². The monoisotopic (exact) mass is 379 g/mol. The van der Waals surface area contributed by atoms with E-state index in [4.69, 9.17) is 4.74 Å². The SMILES string of the molecule is CCCN=C(NCCn1cnnc1CC)NC1CCN(C(=O)OCC)CC1. The maximum Gasteiger partial charge on any atom is 0.409 e. The molecular weight excluding hydrogens is 346 g/mol. The average Bonchev–Trinajstić information content (AvgIpc) is 3.14. The number of aryl methyl sites for hydroxylation is 1. The summed E-state index contributed by atoms with van der Waals surface area (Å²) in [5.74, 6) is 1.82. The first-order valence-electron chi connectivity index (χ1n) is 10.0. The van der Waals surface area contributed by atoms with E-state index in [1.807, 2.05) is 6.92 Å². The predicted octanol–water partition coefficient (Wildman–Crippen LogP) is 1.41. The molecule has 0 bridgehead atoms. The van der Waals surface area contributed by atoms with Gasteiger partial charge in [0.15, 0.2) is 5.96 Å². The number of carbonyl (C=O) groups is 1. The summed E-state index contributed by atoms with van der Waals surface area (Å²) in [6.45, 7) is 10.2. The second-order valence-electron chi connectivity index (χ2n) is 6.56. The molecule has 0 aliphatic carbocycles. The molecule has 0 aromatic carbocycles. The van der Waals surface area contributed by atoms with E-state index in [-0.39, 0.29) is 6.09 Å². The van der Waals surface area contributed by atoms with Crippen molar-refractivity contribution in [2.24, 2.45) is 4.99 Å². The van der Waals surface area contributed by atoms with Gasteiger partial charge in [-0.25, -0.2) is 4.79 Å². The Morgan fingerprint density at radius 3 is 2.78 bits per heavy atom. The lowest BCUT2D eigenvalue weighted by Crippen LogP contribution is -2.50. The van der Waals surface area contributed by atoms with Crippen molar-refractivity contribution in [2.45, 2.75) is 59.0 Å². The van der Waals surface area contributed by atoms with Gasteiger partial charge >= 0.3 is 6.09 Å². The molecule has 2 N–H and O–H groups in total. The Hall–Kier alpha value is -2.32. The fourth-order valence-corrected chi connectivity index (χ4v) is 3.02. The van der Waals surface area contributed by atoms with Crippen LogP contribution in [0.2, 0.25) is 0 Å². The van der Waals surface area contributed by atoms with Gasteiger partial charge in [0.2, 0.25) is 0 Å². The summed E-state index contributed by atoms with van der Waals surface area (Å²) >= 11 is 0. The third kappa shape index (κ3) is 6.73. The van der Waals surface area contributed by atoms with E-state index in [9.17, 15) is 4.79 Å². The van der Waals surface area contributed by atoms with Gasteiger partial charge in [-0.3, -0.25) is 4.99 Å². The molecule has 1 fully saturated rings. The number of nitrogens with zero attached hydrogens (tertiary/aromatic N) is 5. The number of piperidine rings is 1. The van der Waals surface area contributed by atoms with E-state index in [0.717, 1.165) is 57.1 Å². The second kappa shape index (κ2) is 11.4. The molecule has 1 aliphatic heterocycles. The molecule has 9 heteroatoms. The van der Waals surface area contributed by atoms with Crippen LogP contribution in [0.15, 0.2) is 11.3 Å². The second-order valence-corrected chi connectivity index (χ2v) is 6.56. The van der Waals surface area contributed by atoms with Crippen molar-refractivity contribution in [2.75, 3.05) is 32.8 Å². The first kappa shape index (κ1) is 21.0. The number of nitrogens with one attached hydrogen (secondary N) is 2. The van der Waals surface area contributed by atoms with Gasteiger partial charge in [0, 0.05) is 45.2 Å². The standard InChI is InChI=1S/C18H33N7O2/c1-4-9-19-17(20-10-13-25-14-21-23-16(25)5-2)22-15-7-11-24(12-8-15)18(26)27-6-3/h14-15H,4-13H2,1-3H3,(H2,19,20,22). The van der Waals surface area contributed by atoms with Gasteiger partial charge < -0.3 is 24.8 Å². The highest BCUT2D eigenvalue weighted by Gasteiger charge is 2.24. The molecule has 0 unspecified atom stereocenters. The van der Waals surface area contributed by atoms with E-state index in [1.165, 1.54) is 0 Å². The van der Waals surface area contributed by atoms with E-state index in [2.05, 4.69) is 44.2 Å². The van der Waals surface area contributed by atoms with Crippen molar-refractivity contribution >= 4 is 12.1 Å². The maximum absolute atomic E-state index is 11.8. The highest BCUT2D eigenvalue weighted by Crippen LogP contribution is 2.11. The number of amides is 1. The molecule has 1 aliphatic rings. The van der Waals surface area contributed by atoms with Gasteiger partial charge in [-0.05, 0) is 26.2 Å². The van der Waals surface area contributed by atoms with Crippen LogP contribution in [0.3, 0.4) is 0 Å². The van der Waals surface area contributed by atoms with Crippen LogP contribution < -0.4 is 10.6 Å². The molecule has 0 spiro atoms. The topological polar surface area (TPSA) is 96.7 Å². The van der Waals surface area contributed by atoms with E-state index >= 15 is 0 Å². The highest BCUT2D eigenvalue weighted by atomic mass is 16.6. The Balaban J connectivity index is 1.80. The summed E-state index contributed by atoms with van der Waals surface area (Å²) in [7, 11) is 0. The van der Waals surface area contributed by atoms with Crippen molar-refractivity contribution in [3.63, 3.8) is 0 Å². The van der Waals surface area contributed by atoms with Gasteiger partial charge in [0.25, 0.3) is 0 Å². The molecule has 27 heavy (non-hydrogen) atoms. The van der Waals surface area contributed by atoms with Crippen molar-refractivity contribution in [3.8, 4) is 0 Å². The largest absolute Gasteiger partial charge is 0.450 e. The molecule has 2 heterocycles. The normalized spacial score (nSPS) is 15.7. The van der Waals surface area contributed by atoms with Crippen LogP contribution in [0.5, 0.6) is 0 Å². The number of ether oxygens (including phenoxy) is 1. The predicted molar refractivity (Wildman–Crippen MR) is 105 cm³/mol. The summed E-state index contributed by atoms with van der Waals surface area (Å²) in [6, 6.07) is 0.305. The van der Waals surface area contributed by atoms with Gasteiger partial charge in [-0.15, -0.1) is 10.2 Å². The third-order valence-corrected chi connectivity index (χ3v) is 4.51. The first-order chi connectivity index (χ1) is 13.2. The zero-order chi connectivity index (χ0) is 19.5. The Kier molecular flexibility index (Phi) is 8.86. The van der Waals surface area contributed by atoms with Crippen LogP contribution in [-0.2, 0) is 17.7 Å². The van der Waals surface area contributed by atoms with Crippen LogP contribution in [0.25, 0.3) is 0 Å². The molecule has 0 saturated carbocycles. The van der Waals surface area contributed by atoms with Gasteiger partial charge in [-0.1, -0.05) is 13.8 Å². The van der Waals surface area contributed by atoms with E-state index in [1.54, 1.807) is 11.2 Å². The van der Waals surface area contributed by atoms with Gasteiger partial charge in [0.1, 0.15) is 12.2 Å². The van der Waals surface area contributed by atoms with Crippen molar-refractivity contribution in [3.05, 3.63) is 12.2 Å².